The van der Waals surface area contributed by atoms with Crippen LogP contribution >= 0.6 is 0 Å². The highest BCUT2D eigenvalue weighted by molar-refractivity contribution is 5.72. The molecular weight excluding hydrogens is 793 g/mol. The maximum absolute atomic E-state index is 12.7. The van der Waals surface area contributed by atoms with Gasteiger partial charge in [-0.2, -0.15) is 0 Å². The standard InChI is InChI=1S/C58H92O6/c1-4-7-10-13-16-18-20-22-24-25-26-27-28-29-30-31-32-33-35-36-38-40-42-45-48-51-57(60)63-54-55(53-62-56(59)50-47-44-15-12-9-6-3)64-58(61)52-49-46-43-41-39-37-34-23-21-19-17-14-11-8-5-2/h7-8,10-11,16-19,22-24,26-27,29-30,34,39,41,46,49,55H,4-6,9,12-15,20-21,25,28,31-33,35-38,40,42-45,47-48,50-54H2,1-3H3/b10-7-,11-8-,18-16-,19-17-,24-22-,27-26-,30-29-,34-23-,41-39-,49-46-. The zero-order valence-corrected chi connectivity index (χ0v) is 41.0. The summed E-state index contributed by atoms with van der Waals surface area (Å²) in [5.41, 5.74) is 0. The third-order valence-corrected chi connectivity index (χ3v) is 10.2. The minimum absolute atomic E-state index is 0.0920. The third-order valence-electron chi connectivity index (χ3n) is 10.2. The number of carbonyl (C=O) groups is 3. The molecule has 0 aliphatic rings. The van der Waals surface area contributed by atoms with E-state index in [1.807, 2.05) is 6.08 Å². The number of unbranched alkanes of at least 4 members (excludes halogenated alkanes) is 14. The molecule has 0 rings (SSSR count). The quantitative estimate of drug-likeness (QED) is 0.0262. The molecule has 0 amide bonds. The molecule has 0 heterocycles. The molecule has 0 saturated carbocycles. The van der Waals surface area contributed by atoms with Crippen molar-refractivity contribution in [2.24, 2.45) is 0 Å². The average molecular weight is 885 g/mol. The predicted octanol–water partition coefficient (Wildman–Crippen LogP) is 16.9. The molecule has 1 unspecified atom stereocenters. The predicted molar refractivity (Wildman–Crippen MR) is 274 cm³/mol. The Morgan fingerprint density at radius 2 is 0.656 bits per heavy atom. The van der Waals surface area contributed by atoms with E-state index in [0.29, 0.717) is 12.8 Å². The molecule has 0 fully saturated rings. The third kappa shape index (κ3) is 48.8. The molecule has 0 spiro atoms. The van der Waals surface area contributed by atoms with E-state index in [-0.39, 0.29) is 31.6 Å². The van der Waals surface area contributed by atoms with E-state index in [1.54, 1.807) is 6.08 Å². The Balaban J connectivity index is 4.28. The van der Waals surface area contributed by atoms with E-state index in [1.165, 1.54) is 57.8 Å². The van der Waals surface area contributed by atoms with Gasteiger partial charge in [-0.3, -0.25) is 14.4 Å². The Bertz CT molecular complexity index is 1390. The van der Waals surface area contributed by atoms with Crippen LogP contribution in [0.1, 0.15) is 207 Å². The molecular formula is C58H92O6. The Morgan fingerprint density at radius 3 is 1.03 bits per heavy atom. The zero-order chi connectivity index (χ0) is 46.5. The molecule has 0 N–H and O–H groups in total. The van der Waals surface area contributed by atoms with E-state index in [2.05, 4.69) is 130 Å². The Hall–Kier alpha value is -4.19. The van der Waals surface area contributed by atoms with Gasteiger partial charge in [-0.05, 0) is 89.9 Å². The van der Waals surface area contributed by atoms with Crippen molar-refractivity contribution in [1.29, 1.82) is 0 Å². The molecule has 6 heteroatoms. The first kappa shape index (κ1) is 59.8. The first-order chi connectivity index (χ1) is 31.5. The molecule has 0 aliphatic carbocycles. The highest BCUT2D eigenvalue weighted by atomic mass is 16.6. The van der Waals surface area contributed by atoms with E-state index < -0.39 is 12.1 Å². The monoisotopic (exact) mass is 885 g/mol. The summed E-state index contributed by atoms with van der Waals surface area (Å²) in [5, 5.41) is 0. The molecule has 360 valence electrons. The summed E-state index contributed by atoms with van der Waals surface area (Å²) in [6, 6.07) is 0. The van der Waals surface area contributed by atoms with Crippen LogP contribution in [-0.4, -0.2) is 37.2 Å². The smallest absolute Gasteiger partial charge is 0.310 e. The van der Waals surface area contributed by atoms with Crippen LogP contribution in [0.5, 0.6) is 0 Å². The highest BCUT2D eigenvalue weighted by Gasteiger charge is 2.19. The number of carbonyl (C=O) groups excluding carboxylic acids is 3. The summed E-state index contributed by atoms with van der Waals surface area (Å²) in [4.78, 5) is 37.7. The Labute approximate surface area is 392 Å². The first-order valence-electron chi connectivity index (χ1n) is 25.5. The van der Waals surface area contributed by atoms with Crippen LogP contribution in [0.4, 0.5) is 0 Å². The van der Waals surface area contributed by atoms with Gasteiger partial charge in [-0.25, -0.2) is 0 Å². The second-order valence-corrected chi connectivity index (χ2v) is 16.3. The van der Waals surface area contributed by atoms with Gasteiger partial charge in [0.05, 0.1) is 6.42 Å². The summed E-state index contributed by atoms with van der Waals surface area (Å²) in [6.45, 7) is 6.23. The largest absolute Gasteiger partial charge is 0.462 e. The normalized spacial score (nSPS) is 13.1. The summed E-state index contributed by atoms with van der Waals surface area (Å²) in [5.74, 6) is -1.08. The van der Waals surface area contributed by atoms with Crippen molar-refractivity contribution in [3.63, 3.8) is 0 Å². The number of hydrogen-bond acceptors (Lipinski definition) is 6. The fourth-order valence-corrected chi connectivity index (χ4v) is 6.48. The maximum Gasteiger partial charge on any atom is 0.310 e. The molecule has 0 radical (unpaired) electrons. The number of esters is 3. The van der Waals surface area contributed by atoms with Gasteiger partial charge in [0.2, 0.25) is 0 Å². The SMILES string of the molecule is CC/C=C\C/C=C\C/C=C\C/C=C\C/C=C\CCCCCCCCCCCC(=O)OCC(COC(=O)CCCCCCCC)OC(=O)C/C=C\C/C=C\C/C=C\C/C=C\C/C=C\CC. The van der Waals surface area contributed by atoms with Crippen LogP contribution in [0.15, 0.2) is 122 Å². The van der Waals surface area contributed by atoms with Gasteiger partial charge < -0.3 is 14.2 Å². The Morgan fingerprint density at radius 1 is 0.344 bits per heavy atom. The van der Waals surface area contributed by atoms with Crippen molar-refractivity contribution in [3.8, 4) is 0 Å². The summed E-state index contributed by atoms with van der Waals surface area (Å²) >= 11 is 0. The lowest BCUT2D eigenvalue weighted by atomic mass is 10.1. The lowest BCUT2D eigenvalue weighted by Gasteiger charge is -2.18. The van der Waals surface area contributed by atoms with Gasteiger partial charge >= 0.3 is 17.9 Å². The molecule has 0 aliphatic heterocycles. The van der Waals surface area contributed by atoms with Crippen LogP contribution in [0.2, 0.25) is 0 Å². The van der Waals surface area contributed by atoms with Crippen LogP contribution in [0.25, 0.3) is 0 Å². The number of rotatable bonds is 44. The topological polar surface area (TPSA) is 78.9 Å². The van der Waals surface area contributed by atoms with Crippen molar-refractivity contribution in [3.05, 3.63) is 122 Å². The second kappa shape index (κ2) is 51.4. The summed E-state index contributed by atoms with van der Waals surface area (Å²) in [7, 11) is 0. The number of allylic oxidation sites excluding steroid dienone is 19. The van der Waals surface area contributed by atoms with Crippen LogP contribution in [-0.2, 0) is 28.6 Å². The van der Waals surface area contributed by atoms with Crippen LogP contribution < -0.4 is 0 Å². The molecule has 0 aromatic heterocycles. The lowest BCUT2D eigenvalue weighted by Crippen LogP contribution is -2.30. The van der Waals surface area contributed by atoms with E-state index in [9.17, 15) is 14.4 Å². The first-order valence-corrected chi connectivity index (χ1v) is 25.5. The van der Waals surface area contributed by atoms with Gasteiger partial charge in [0.25, 0.3) is 0 Å². The van der Waals surface area contributed by atoms with E-state index in [4.69, 9.17) is 14.2 Å². The molecule has 1 atom stereocenters. The van der Waals surface area contributed by atoms with Crippen molar-refractivity contribution in [2.45, 2.75) is 213 Å². The Kier molecular flexibility index (Phi) is 48.1. The van der Waals surface area contributed by atoms with Gasteiger partial charge in [0.1, 0.15) is 13.2 Å². The molecule has 0 saturated heterocycles. The van der Waals surface area contributed by atoms with Crippen LogP contribution in [0, 0.1) is 0 Å². The summed E-state index contributed by atoms with van der Waals surface area (Å²) < 4.78 is 16.6. The van der Waals surface area contributed by atoms with Gasteiger partial charge in [-0.15, -0.1) is 0 Å². The maximum atomic E-state index is 12.7. The fourth-order valence-electron chi connectivity index (χ4n) is 6.48. The fraction of sp³-hybridized carbons (Fsp3) is 0.603. The van der Waals surface area contributed by atoms with Crippen molar-refractivity contribution in [1.82, 2.24) is 0 Å². The number of hydrogen-bond donors (Lipinski definition) is 0. The van der Waals surface area contributed by atoms with Gasteiger partial charge in [-0.1, -0.05) is 219 Å². The summed E-state index contributed by atoms with van der Waals surface area (Å²) in [6.07, 6.45) is 71.0. The van der Waals surface area contributed by atoms with Gasteiger partial charge in [0, 0.05) is 12.8 Å². The molecule has 0 bridgehead atoms. The molecule has 0 aromatic carbocycles. The average Bonchev–Trinajstić information content (AvgIpc) is 3.29. The van der Waals surface area contributed by atoms with Crippen molar-refractivity contribution < 1.29 is 28.6 Å². The molecule has 64 heavy (non-hydrogen) atoms. The lowest BCUT2D eigenvalue weighted by molar-refractivity contribution is -0.166. The number of ether oxygens (including phenoxy) is 3. The minimum Gasteiger partial charge on any atom is -0.462 e. The molecule has 0 aromatic rings. The van der Waals surface area contributed by atoms with Gasteiger partial charge in [0.15, 0.2) is 6.10 Å². The van der Waals surface area contributed by atoms with Crippen molar-refractivity contribution in [2.75, 3.05) is 13.2 Å². The highest BCUT2D eigenvalue weighted by Crippen LogP contribution is 2.13. The zero-order valence-electron chi connectivity index (χ0n) is 41.0. The van der Waals surface area contributed by atoms with E-state index >= 15 is 0 Å². The van der Waals surface area contributed by atoms with Crippen molar-refractivity contribution >= 4 is 17.9 Å². The minimum atomic E-state index is -0.834. The van der Waals surface area contributed by atoms with Crippen LogP contribution in [0.3, 0.4) is 0 Å². The molecule has 6 nitrogen and oxygen atoms in total. The second-order valence-electron chi connectivity index (χ2n) is 16.3. The van der Waals surface area contributed by atoms with E-state index in [0.717, 1.165) is 109 Å².